The van der Waals surface area contributed by atoms with E-state index in [2.05, 4.69) is 21.0 Å². The van der Waals surface area contributed by atoms with Crippen molar-refractivity contribution in [2.75, 3.05) is 27.2 Å². The summed E-state index contributed by atoms with van der Waals surface area (Å²) in [5.41, 5.74) is -0.528. The zero-order chi connectivity index (χ0) is 16.2. The van der Waals surface area contributed by atoms with Gasteiger partial charge in [-0.2, -0.15) is 0 Å². The fourth-order valence-corrected chi connectivity index (χ4v) is 3.41. The molecule has 0 saturated heterocycles. The van der Waals surface area contributed by atoms with Crippen LogP contribution in [0.2, 0.25) is 0 Å². The van der Waals surface area contributed by atoms with E-state index in [4.69, 9.17) is 0 Å². The summed E-state index contributed by atoms with van der Waals surface area (Å²) < 4.78 is 0.807. The number of carbonyl (C=O) groups excluding carboxylic acids is 1. The average molecular weight is 304 g/mol. The Bertz CT molecular complexity index is 491. The van der Waals surface area contributed by atoms with Crippen LogP contribution in [0, 0.1) is 5.92 Å². The highest BCUT2D eigenvalue weighted by Gasteiger charge is 2.45. The van der Waals surface area contributed by atoms with Gasteiger partial charge in [0.2, 0.25) is 0 Å². The standard InChI is InChI=1S/C19H30NO2/c1-4-20(2,3)15-14-18(21)19(22,17-12-8-9-13-17)16-10-6-5-7-11-16/h5-7,10-11,17,22H,4,8-9,12-15H2,1-3H3/q+1. The minimum absolute atomic E-state index is 0.00903. The Labute approximate surface area is 134 Å². The highest BCUT2D eigenvalue weighted by molar-refractivity contribution is 5.88. The van der Waals surface area contributed by atoms with Crippen LogP contribution in [0.25, 0.3) is 0 Å². The summed E-state index contributed by atoms with van der Waals surface area (Å²) >= 11 is 0. The number of quaternary nitrogens is 1. The highest BCUT2D eigenvalue weighted by atomic mass is 16.3. The van der Waals surface area contributed by atoms with E-state index in [0.29, 0.717) is 6.42 Å². The maximum absolute atomic E-state index is 13.0. The number of benzene rings is 1. The summed E-state index contributed by atoms with van der Waals surface area (Å²) in [6.45, 7) is 3.89. The van der Waals surface area contributed by atoms with Crippen molar-refractivity contribution >= 4 is 5.78 Å². The summed E-state index contributed by atoms with van der Waals surface area (Å²) in [6, 6.07) is 9.55. The van der Waals surface area contributed by atoms with E-state index < -0.39 is 5.60 Å². The van der Waals surface area contributed by atoms with E-state index in [0.717, 1.165) is 48.8 Å². The molecule has 1 aliphatic rings. The normalized spacial score (nSPS) is 19.1. The van der Waals surface area contributed by atoms with Gasteiger partial charge < -0.3 is 9.59 Å². The quantitative estimate of drug-likeness (QED) is 0.786. The Hall–Kier alpha value is -1.19. The topological polar surface area (TPSA) is 37.3 Å². The van der Waals surface area contributed by atoms with Gasteiger partial charge in [0.25, 0.3) is 0 Å². The third-order valence-corrected chi connectivity index (χ3v) is 5.39. The van der Waals surface area contributed by atoms with Crippen molar-refractivity contribution in [1.82, 2.24) is 0 Å². The Morgan fingerprint density at radius 3 is 2.36 bits per heavy atom. The van der Waals surface area contributed by atoms with Crippen molar-refractivity contribution in [3.8, 4) is 0 Å². The van der Waals surface area contributed by atoms with Crippen LogP contribution < -0.4 is 0 Å². The van der Waals surface area contributed by atoms with Gasteiger partial charge in [0.15, 0.2) is 11.4 Å². The molecular weight excluding hydrogens is 274 g/mol. The average Bonchev–Trinajstić information content (AvgIpc) is 3.07. The first kappa shape index (κ1) is 17.2. The monoisotopic (exact) mass is 304 g/mol. The lowest BCUT2D eigenvalue weighted by Gasteiger charge is -2.35. The number of hydrogen-bond acceptors (Lipinski definition) is 2. The SMILES string of the molecule is CC[N+](C)(C)CCC(=O)C(O)(c1ccccc1)C1CCCC1. The molecule has 1 N–H and O–H groups in total. The number of Topliss-reactive ketones (excluding diaryl/α,β-unsaturated/α-hetero) is 1. The second kappa shape index (κ2) is 6.93. The fourth-order valence-electron chi connectivity index (χ4n) is 3.41. The van der Waals surface area contributed by atoms with Crippen molar-refractivity contribution in [1.29, 1.82) is 0 Å². The van der Waals surface area contributed by atoms with Gasteiger partial charge in [0.1, 0.15) is 0 Å². The Morgan fingerprint density at radius 1 is 1.23 bits per heavy atom. The van der Waals surface area contributed by atoms with Crippen LogP contribution in [0.3, 0.4) is 0 Å². The van der Waals surface area contributed by atoms with E-state index in [9.17, 15) is 9.90 Å². The fraction of sp³-hybridized carbons (Fsp3) is 0.632. The van der Waals surface area contributed by atoms with Gasteiger partial charge in [-0.25, -0.2) is 0 Å². The predicted molar refractivity (Wildman–Crippen MR) is 89.4 cm³/mol. The van der Waals surface area contributed by atoms with Crippen LogP contribution in [0.5, 0.6) is 0 Å². The second-order valence-electron chi connectivity index (χ2n) is 7.26. The summed E-state index contributed by atoms with van der Waals surface area (Å²) in [4.78, 5) is 13.0. The van der Waals surface area contributed by atoms with Crippen molar-refractivity contribution in [3.63, 3.8) is 0 Å². The molecule has 1 aromatic rings. The molecule has 3 nitrogen and oxygen atoms in total. The molecule has 122 valence electrons. The molecule has 1 fully saturated rings. The van der Waals surface area contributed by atoms with Crippen molar-refractivity contribution in [2.24, 2.45) is 5.92 Å². The second-order valence-corrected chi connectivity index (χ2v) is 7.26. The maximum Gasteiger partial charge on any atom is 0.174 e. The molecule has 22 heavy (non-hydrogen) atoms. The Balaban J connectivity index is 2.23. The van der Waals surface area contributed by atoms with Crippen LogP contribution in [-0.2, 0) is 10.4 Å². The lowest BCUT2D eigenvalue weighted by Crippen LogP contribution is -2.46. The Morgan fingerprint density at radius 2 is 1.82 bits per heavy atom. The summed E-state index contributed by atoms with van der Waals surface area (Å²) in [6.07, 6.45) is 4.56. The number of nitrogens with zero attached hydrogens (tertiary/aromatic N) is 1. The largest absolute Gasteiger partial charge is 0.377 e. The summed E-state index contributed by atoms with van der Waals surface area (Å²) in [5, 5.41) is 11.4. The van der Waals surface area contributed by atoms with Crippen LogP contribution >= 0.6 is 0 Å². The number of hydrogen-bond donors (Lipinski definition) is 1. The minimum atomic E-state index is -1.30. The van der Waals surface area contributed by atoms with Crippen molar-refractivity contribution < 1.29 is 14.4 Å². The van der Waals surface area contributed by atoms with Crippen LogP contribution in [-0.4, -0.2) is 42.6 Å². The first-order valence-electron chi connectivity index (χ1n) is 8.53. The lowest BCUT2D eigenvalue weighted by atomic mass is 9.76. The van der Waals surface area contributed by atoms with Gasteiger partial charge in [-0.3, -0.25) is 4.79 Å². The third kappa shape index (κ3) is 3.58. The molecule has 0 bridgehead atoms. The van der Waals surface area contributed by atoms with Gasteiger partial charge in [0.05, 0.1) is 33.6 Å². The molecule has 1 unspecified atom stereocenters. The van der Waals surface area contributed by atoms with E-state index in [1.54, 1.807) is 0 Å². The zero-order valence-corrected chi connectivity index (χ0v) is 14.2. The molecule has 1 atom stereocenters. The molecular formula is C19H30NO2+. The highest BCUT2D eigenvalue weighted by Crippen LogP contribution is 2.41. The zero-order valence-electron chi connectivity index (χ0n) is 14.2. The molecule has 3 heteroatoms. The van der Waals surface area contributed by atoms with Crippen LogP contribution in [0.4, 0.5) is 0 Å². The van der Waals surface area contributed by atoms with E-state index in [1.165, 1.54) is 0 Å². The summed E-state index contributed by atoms with van der Waals surface area (Å²) in [7, 11) is 4.26. The molecule has 1 aliphatic carbocycles. The molecule has 0 radical (unpaired) electrons. The minimum Gasteiger partial charge on any atom is -0.377 e. The molecule has 0 aliphatic heterocycles. The number of ketones is 1. The van der Waals surface area contributed by atoms with Gasteiger partial charge in [-0.1, -0.05) is 43.2 Å². The predicted octanol–water partition coefficient (Wildman–Crippen LogP) is 3.12. The molecule has 0 aromatic heterocycles. The Kier molecular flexibility index (Phi) is 5.41. The van der Waals surface area contributed by atoms with Gasteiger partial charge in [-0.15, -0.1) is 0 Å². The van der Waals surface area contributed by atoms with E-state index in [1.807, 2.05) is 30.3 Å². The van der Waals surface area contributed by atoms with E-state index in [-0.39, 0.29) is 11.7 Å². The van der Waals surface area contributed by atoms with Gasteiger partial charge in [0, 0.05) is 0 Å². The summed E-state index contributed by atoms with van der Waals surface area (Å²) in [5.74, 6) is 0.0601. The molecule has 1 saturated carbocycles. The first-order chi connectivity index (χ1) is 10.4. The van der Waals surface area contributed by atoms with Gasteiger partial charge in [-0.05, 0) is 31.2 Å². The van der Waals surface area contributed by atoms with Crippen LogP contribution in [0.1, 0.15) is 44.6 Å². The van der Waals surface area contributed by atoms with E-state index >= 15 is 0 Å². The van der Waals surface area contributed by atoms with Gasteiger partial charge >= 0.3 is 0 Å². The maximum atomic E-state index is 13.0. The molecule has 1 aromatic carbocycles. The molecule has 0 heterocycles. The smallest absolute Gasteiger partial charge is 0.174 e. The molecule has 0 spiro atoms. The number of aliphatic hydroxyl groups is 1. The van der Waals surface area contributed by atoms with Crippen LogP contribution in [0.15, 0.2) is 30.3 Å². The van der Waals surface area contributed by atoms with Crippen molar-refractivity contribution in [2.45, 2.75) is 44.6 Å². The third-order valence-electron chi connectivity index (χ3n) is 5.39. The molecule has 2 rings (SSSR count). The number of rotatable bonds is 7. The molecule has 0 amide bonds. The van der Waals surface area contributed by atoms with Crippen molar-refractivity contribution in [3.05, 3.63) is 35.9 Å². The lowest BCUT2D eigenvalue weighted by molar-refractivity contribution is -0.887. The first-order valence-corrected chi connectivity index (χ1v) is 8.53. The number of carbonyl (C=O) groups is 1.